The molecule has 4 rings (SSSR count). The largest absolute Gasteiger partial charge is 0.512 e. The molecule has 3 nitrogen and oxygen atoms in total. The van der Waals surface area contributed by atoms with Crippen LogP contribution < -0.4 is 4.74 Å². The molecule has 3 aromatic carbocycles. The molecule has 30 heavy (non-hydrogen) atoms. The molecule has 0 atom stereocenters. The van der Waals surface area contributed by atoms with E-state index in [0.29, 0.717) is 18.4 Å². The average Bonchev–Trinajstić information content (AvgIpc) is 2.72. The van der Waals surface area contributed by atoms with Crippen LogP contribution in [-0.4, -0.2) is 18.0 Å². The molecule has 0 aliphatic heterocycles. The SMILES string of the molecule is COc1ccc(-c2ccc3cc(C4=C(O)CCCC4=O)ccc3c2)cc1C(C)(C)C. The van der Waals surface area contributed by atoms with Crippen LogP contribution in [0.1, 0.15) is 51.2 Å². The van der Waals surface area contributed by atoms with Crippen molar-refractivity contribution in [2.24, 2.45) is 0 Å². The predicted octanol–water partition coefficient (Wildman–Crippen LogP) is 6.84. The van der Waals surface area contributed by atoms with Gasteiger partial charge in [-0.15, -0.1) is 0 Å². The van der Waals surface area contributed by atoms with E-state index >= 15 is 0 Å². The standard InChI is InChI=1S/C27H28O3/c1-27(2,3)22-16-20(12-13-25(22)30-4)18-8-9-19-15-21(11-10-17(19)14-18)26-23(28)6-5-7-24(26)29/h8-16,28H,5-7H2,1-4H3. The summed E-state index contributed by atoms with van der Waals surface area (Å²) < 4.78 is 5.57. The molecule has 154 valence electrons. The second-order valence-corrected chi connectivity index (χ2v) is 9.04. The minimum Gasteiger partial charge on any atom is -0.512 e. The fourth-order valence-corrected chi connectivity index (χ4v) is 4.21. The third-order valence-corrected chi connectivity index (χ3v) is 5.85. The molecule has 0 saturated heterocycles. The van der Waals surface area contributed by atoms with E-state index in [2.05, 4.69) is 51.1 Å². The number of Topliss-reactive ketones (excluding diaryl/α,β-unsaturated/α-hetero) is 1. The summed E-state index contributed by atoms with van der Waals surface area (Å²) in [6.45, 7) is 6.56. The lowest BCUT2D eigenvalue weighted by Gasteiger charge is -2.23. The van der Waals surface area contributed by atoms with Gasteiger partial charge in [0.15, 0.2) is 5.78 Å². The number of carbonyl (C=O) groups excluding carboxylic acids is 1. The Labute approximate surface area is 178 Å². The predicted molar refractivity (Wildman–Crippen MR) is 123 cm³/mol. The Kier molecular flexibility index (Phi) is 5.15. The second-order valence-electron chi connectivity index (χ2n) is 9.04. The number of carbonyl (C=O) groups is 1. The van der Waals surface area contributed by atoms with Crippen LogP contribution >= 0.6 is 0 Å². The molecule has 0 radical (unpaired) electrons. The molecule has 0 unspecified atom stereocenters. The summed E-state index contributed by atoms with van der Waals surface area (Å²) in [6.07, 6.45) is 1.80. The van der Waals surface area contributed by atoms with Gasteiger partial charge in [0, 0.05) is 18.4 Å². The molecule has 0 amide bonds. The summed E-state index contributed by atoms with van der Waals surface area (Å²) in [5.74, 6) is 1.15. The molecule has 3 aromatic rings. The van der Waals surface area contributed by atoms with Crippen LogP contribution in [0.25, 0.3) is 27.5 Å². The topological polar surface area (TPSA) is 46.5 Å². The molecular weight excluding hydrogens is 372 g/mol. The number of hydrogen-bond acceptors (Lipinski definition) is 3. The smallest absolute Gasteiger partial charge is 0.166 e. The Morgan fingerprint density at radius 2 is 1.43 bits per heavy atom. The van der Waals surface area contributed by atoms with Gasteiger partial charge in [-0.25, -0.2) is 0 Å². The lowest BCUT2D eigenvalue weighted by atomic mass is 9.84. The molecule has 1 aliphatic carbocycles. The van der Waals surface area contributed by atoms with Crippen LogP contribution in [0.15, 0.2) is 60.4 Å². The van der Waals surface area contributed by atoms with E-state index in [1.54, 1.807) is 7.11 Å². The van der Waals surface area contributed by atoms with Gasteiger partial charge in [-0.1, -0.05) is 51.1 Å². The second kappa shape index (κ2) is 7.64. The third-order valence-electron chi connectivity index (χ3n) is 5.85. The van der Waals surface area contributed by atoms with Crippen LogP contribution in [0.3, 0.4) is 0 Å². The normalized spacial score (nSPS) is 15.0. The van der Waals surface area contributed by atoms with Gasteiger partial charge in [-0.2, -0.15) is 0 Å². The van der Waals surface area contributed by atoms with Crippen molar-refractivity contribution in [1.82, 2.24) is 0 Å². The summed E-state index contributed by atoms with van der Waals surface area (Å²) >= 11 is 0. The van der Waals surface area contributed by atoms with Crippen molar-refractivity contribution in [1.29, 1.82) is 0 Å². The Morgan fingerprint density at radius 3 is 2.07 bits per heavy atom. The van der Waals surface area contributed by atoms with Crippen LogP contribution in [-0.2, 0) is 10.2 Å². The first kappa shape index (κ1) is 20.2. The third kappa shape index (κ3) is 3.72. The first-order valence-corrected chi connectivity index (χ1v) is 10.5. The number of hydrogen-bond donors (Lipinski definition) is 1. The number of ether oxygens (including phenoxy) is 1. The number of benzene rings is 3. The van der Waals surface area contributed by atoms with E-state index in [1.807, 2.05) is 24.3 Å². The van der Waals surface area contributed by atoms with Gasteiger partial charge < -0.3 is 9.84 Å². The van der Waals surface area contributed by atoms with Crippen molar-refractivity contribution in [2.45, 2.75) is 45.4 Å². The van der Waals surface area contributed by atoms with Crippen LogP contribution in [0.2, 0.25) is 0 Å². The fraction of sp³-hybridized carbons (Fsp3) is 0.296. The van der Waals surface area contributed by atoms with Gasteiger partial charge in [-0.3, -0.25) is 4.79 Å². The maximum Gasteiger partial charge on any atom is 0.166 e. The summed E-state index contributed by atoms with van der Waals surface area (Å²) in [4.78, 5) is 12.3. The summed E-state index contributed by atoms with van der Waals surface area (Å²) in [7, 11) is 1.71. The number of aliphatic hydroxyl groups is 1. The summed E-state index contributed by atoms with van der Waals surface area (Å²) in [5.41, 5.74) is 4.73. The first-order valence-electron chi connectivity index (χ1n) is 10.5. The number of aliphatic hydroxyl groups excluding tert-OH is 1. The van der Waals surface area contributed by atoms with E-state index in [4.69, 9.17) is 4.74 Å². The Balaban J connectivity index is 1.76. The van der Waals surface area contributed by atoms with Gasteiger partial charge in [0.2, 0.25) is 0 Å². The molecule has 3 heteroatoms. The fourth-order valence-electron chi connectivity index (χ4n) is 4.21. The quantitative estimate of drug-likeness (QED) is 0.524. The maximum atomic E-state index is 12.3. The maximum absolute atomic E-state index is 12.3. The molecule has 0 spiro atoms. The molecule has 0 fully saturated rings. The molecule has 1 aliphatic rings. The lowest BCUT2D eigenvalue weighted by molar-refractivity contribution is -0.114. The molecule has 1 N–H and O–H groups in total. The average molecular weight is 401 g/mol. The number of rotatable bonds is 3. The number of allylic oxidation sites excluding steroid dienone is 2. The van der Waals surface area contributed by atoms with Crippen molar-refractivity contribution in [3.05, 3.63) is 71.5 Å². The van der Waals surface area contributed by atoms with E-state index in [-0.39, 0.29) is 17.0 Å². The highest BCUT2D eigenvalue weighted by Crippen LogP contribution is 2.36. The van der Waals surface area contributed by atoms with Gasteiger partial charge in [0.05, 0.1) is 12.7 Å². The van der Waals surface area contributed by atoms with Crippen molar-refractivity contribution < 1.29 is 14.6 Å². The van der Waals surface area contributed by atoms with Crippen molar-refractivity contribution >= 4 is 22.1 Å². The highest BCUT2D eigenvalue weighted by molar-refractivity contribution is 6.22. The van der Waals surface area contributed by atoms with Crippen molar-refractivity contribution in [3.8, 4) is 16.9 Å². The van der Waals surface area contributed by atoms with Crippen LogP contribution in [0.5, 0.6) is 5.75 Å². The number of methoxy groups -OCH3 is 1. The zero-order chi connectivity index (χ0) is 21.5. The first-order chi connectivity index (χ1) is 14.3. The van der Waals surface area contributed by atoms with E-state index in [0.717, 1.165) is 39.6 Å². The monoisotopic (exact) mass is 400 g/mol. The zero-order valence-electron chi connectivity index (χ0n) is 18.1. The Bertz CT molecular complexity index is 1160. The van der Waals surface area contributed by atoms with Gasteiger partial charge in [0.25, 0.3) is 0 Å². The molecule has 0 aromatic heterocycles. The summed E-state index contributed by atoms with van der Waals surface area (Å²) in [6, 6.07) is 18.7. The van der Waals surface area contributed by atoms with E-state index < -0.39 is 0 Å². The summed E-state index contributed by atoms with van der Waals surface area (Å²) in [5, 5.41) is 12.4. The number of fused-ring (bicyclic) bond motifs is 1. The lowest BCUT2D eigenvalue weighted by Crippen LogP contribution is -2.12. The van der Waals surface area contributed by atoms with Crippen molar-refractivity contribution in [2.75, 3.05) is 7.11 Å². The van der Waals surface area contributed by atoms with E-state index in [1.165, 1.54) is 5.56 Å². The molecule has 0 bridgehead atoms. The van der Waals surface area contributed by atoms with Crippen LogP contribution in [0.4, 0.5) is 0 Å². The highest BCUT2D eigenvalue weighted by Gasteiger charge is 2.22. The highest BCUT2D eigenvalue weighted by atomic mass is 16.5. The Hall–Kier alpha value is -3.07. The van der Waals surface area contributed by atoms with Crippen molar-refractivity contribution in [3.63, 3.8) is 0 Å². The zero-order valence-corrected chi connectivity index (χ0v) is 18.1. The van der Waals surface area contributed by atoms with Crippen LogP contribution in [0, 0.1) is 0 Å². The van der Waals surface area contributed by atoms with Gasteiger partial charge in [0.1, 0.15) is 11.5 Å². The molecule has 0 heterocycles. The van der Waals surface area contributed by atoms with Gasteiger partial charge >= 0.3 is 0 Å². The minimum atomic E-state index is -0.0185. The Morgan fingerprint density at radius 1 is 0.833 bits per heavy atom. The number of ketones is 1. The van der Waals surface area contributed by atoms with E-state index in [9.17, 15) is 9.90 Å². The van der Waals surface area contributed by atoms with Gasteiger partial charge in [-0.05, 0) is 63.6 Å². The molecular formula is C27H28O3. The molecule has 0 saturated carbocycles. The minimum absolute atomic E-state index is 0.0185.